The van der Waals surface area contributed by atoms with Gasteiger partial charge in [-0.15, -0.1) is 0 Å². The van der Waals surface area contributed by atoms with Crippen molar-refractivity contribution in [2.24, 2.45) is 5.92 Å². The van der Waals surface area contributed by atoms with Crippen LogP contribution in [0.4, 0.5) is 11.5 Å². The predicted molar refractivity (Wildman–Crippen MR) is 128 cm³/mol. The third-order valence-corrected chi connectivity index (χ3v) is 7.32. The molecule has 1 atom stereocenters. The Balaban J connectivity index is 1.19. The molecule has 174 valence electrons. The topological polar surface area (TPSA) is 87.2 Å². The zero-order valence-corrected chi connectivity index (χ0v) is 19.3. The van der Waals surface area contributed by atoms with Crippen molar-refractivity contribution in [1.82, 2.24) is 14.9 Å². The molecule has 7 nitrogen and oxygen atoms in total. The van der Waals surface area contributed by atoms with Crippen LogP contribution in [-0.2, 0) is 16.0 Å². The molecule has 2 fully saturated rings. The average Bonchev–Trinajstić information content (AvgIpc) is 3.31. The van der Waals surface area contributed by atoms with Crippen molar-refractivity contribution >= 4 is 23.3 Å². The molecule has 1 aromatic carbocycles. The van der Waals surface area contributed by atoms with Gasteiger partial charge in [-0.25, -0.2) is 9.97 Å². The van der Waals surface area contributed by atoms with Crippen LogP contribution in [0.25, 0.3) is 0 Å². The fourth-order valence-corrected chi connectivity index (χ4v) is 5.59. The van der Waals surface area contributed by atoms with Crippen LogP contribution in [0.1, 0.15) is 67.9 Å². The number of hydrogen-bond acceptors (Lipinski definition) is 5. The van der Waals surface area contributed by atoms with E-state index in [9.17, 15) is 9.59 Å². The Bertz CT molecular complexity index is 1030. The van der Waals surface area contributed by atoms with Crippen LogP contribution in [0.2, 0.25) is 0 Å². The minimum Gasteiger partial charge on any atom is -0.367 e. The SMILES string of the molecule is Cc1nc(CC2CCN(C(=O)C3CC(=O)Nc4ccccc43)CC2)cc(NC2CCCC2)n1. The summed E-state index contributed by atoms with van der Waals surface area (Å²) in [6.07, 6.45) is 8.09. The summed E-state index contributed by atoms with van der Waals surface area (Å²) in [6, 6.07) is 10.3. The minimum absolute atomic E-state index is 0.0803. The summed E-state index contributed by atoms with van der Waals surface area (Å²) in [7, 11) is 0. The number of amides is 2. The van der Waals surface area contributed by atoms with Gasteiger partial charge in [0.05, 0.1) is 5.92 Å². The molecule has 1 aromatic heterocycles. The molecule has 5 rings (SSSR count). The Morgan fingerprint density at radius 2 is 1.88 bits per heavy atom. The molecular weight excluding hydrogens is 414 g/mol. The number of para-hydroxylation sites is 1. The van der Waals surface area contributed by atoms with E-state index in [-0.39, 0.29) is 24.2 Å². The van der Waals surface area contributed by atoms with Gasteiger partial charge in [-0.3, -0.25) is 9.59 Å². The third kappa shape index (κ3) is 5.02. The maximum Gasteiger partial charge on any atom is 0.230 e. The van der Waals surface area contributed by atoms with Gasteiger partial charge in [0.15, 0.2) is 0 Å². The first kappa shape index (κ1) is 21.9. The van der Waals surface area contributed by atoms with E-state index in [1.807, 2.05) is 36.1 Å². The molecule has 0 spiro atoms. The summed E-state index contributed by atoms with van der Waals surface area (Å²) in [5.41, 5.74) is 2.79. The molecule has 33 heavy (non-hydrogen) atoms. The lowest BCUT2D eigenvalue weighted by Gasteiger charge is -2.35. The van der Waals surface area contributed by atoms with Crippen molar-refractivity contribution in [1.29, 1.82) is 0 Å². The molecule has 1 aliphatic carbocycles. The highest BCUT2D eigenvalue weighted by Gasteiger charge is 2.34. The van der Waals surface area contributed by atoms with Crippen molar-refractivity contribution in [3.8, 4) is 0 Å². The summed E-state index contributed by atoms with van der Waals surface area (Å²) in [5, 5.41) is 6.48. The smallest absolute Gasteiger partial charge is 0.230 e. The maximum absolute atomic E-state index is 13.3. The first-order valence-electron chi connectivity index (χ1n) is 12.3. The maximum atomic E-state index is 13.3. The molecule has 3 heterocycles. The van der Waals surface area contributed by atoms with E-state index in [4.69, 9.17) is 0 Å². The standard InChI is InChI=1S/C26H33N5O2/c1-17-27-20(15-24(28-17)29-19-6-2-3-7-19)14-18-10-12-31(13-11-18)26(33)22-16-25(32)30-23-9-5-4-8-21(22)23/h4-5,8-9,15,18-19,22H,2-3,6-7,10-14,16H2,1H3,(H,30,32)(H,27,28,29). The van der Waals surface area contributed by atoms with E-state index in [2.05, 4.69) is 26.7 Å². The van der Waals surface area contributed by atoms with Crippen molar-refractivity contribution in [3.05, 3.63) is 47.4 Å². The Kier molecular flexibility index (Phi) is 6.29. The number of aromatic nitrogens is 2. The van der Waals surface area contributed by atoms with Gasteiger partial charge in [-0.05, 0) is 56.6 Å². The highest BCUT2D eigenvalue weighted by Crippen LogP contribution is 2.34. The predicted octanol–water partition coefficient (Wildman–Crippen LogP) is 4.05. The van der Waals surface area contributed by atoms with Gasteiger partial charge in [0.2, 0.25) is 11.8 Å². The van der Waals surface area contributed by atoms with E-state index >= 15 is 0 Å². The molecule has 2 amide bonds. The Morgan fingerprint density at radius 1 is 1.12 bits per heavy atom. The van der Waals surface area contributed by atoms with Crippen LogP contribution in [0.15, 0.2) is 30.3 Å². The van der Waals surface area contributed by atoms with Crippen LogP contribution in [0.5, 0.6) is 0 Å². The number of piperidine rings is 1. The van der Waals surface area contributed by atoms with Crippen molar-refractivity contribution in [2.75, 3.05) is 23.7 Å². The molecule has 1 saturated heterocycles. The fourth-order valence-electron chi connectivity index (χ4n) is 5.59. The lowest BCUT2D eigenvalue weighted by molar-refractivity contribution is -0.136. The zero-order valence-electron chi connectivity index (χ0n) is 19.3. The van der Waals surface area contributed by atoms with Gasteiger partial charge in [0.25, 0.3) is 0 Å². The number of anilines is 2. The third-order valence-electron chi connectivity index (χ3n) is 7.32. The monoisotopic (exact) mass is 447 g/mol. The molecule has 3 aliphatic rings. The average molecular weight is 448 g/mol. The summed E-state index contributed by atoms with van der Waals surface area (Å²) in [4.78, 5) is 36.7. The van der Waals surface area contributed by atoms with Crippen LogP contribution in [0, 0.1) is 12.8 Å². The normalized spacial score (nSPS) is 21.5. The number of aryl methyl sites for hydroxylation is 1. The number of fused-ring (bicyclic) bond motifs is 1. The first-order valence-corrected chi connectivity index (χ1v) is 12.3. The molecular formula is C26H33N5O2. The summed E-state index contributed by atoms with van der Waals surface area (Å²) < 4.78 is 0. The molecule has 1 unspecified atom stereocenters. The first-order chi connectivity index (χ1) is 16.0. The van der Waals surface area contributed by atoms with Crippen molar-refractivity contribution < 1.29 is 9.59 Å². The molecule has 0 bridgehead atoms. The van der Waals surface area contributed by atoms with Crippen LogP contribution >= 0.6 is 0 Å². The van der Waals surface area contributed by atoms with E-state index in [0.29, 0.717) is 12.0 Å². The summed E-state index contributed by atoms with van der Waals surface area (Å²) >= 11 is 0. The number of benzene rings is 1. The molecule has 7 heteroatoms. The number of nitrogens with one attached hydrogen (secondary N) is 2. The lowest BCUT2D eigenvalue weighted by atomic mass is 9.87. The van der Waals surface area contributed by atoms with E-state index in [1.54, 1.807) is 0 Å². The van der Waals surface area contributed by atoms with Crippen molar-refractivity contribution in [3.63, 3.8) is 0 Å². The van der Waals surface area contributed by atoms with Gasteiger partial charge < -0.3 is 15.5 Å². The van der Waals surface area contributed by atoms with Crippen LogP contribution in [-0.4, -0.2) is 45.8 Å². The second-order valence-electron chi connectivity index (χ2n) is 9.78. The van der Waals surface area contributed by atoms with Gasteiger partial charge in [0.1, 0.15) is 11.6 Å². The van der Waals surface area contributed by atoms with Gasteiger partial charge >= 0.3 is 0 Å². The van der Waals surface area contributed by atoms with Gasteiger partial charge in [-0.1, -0.05) is 31.0 Å². The number of nitrogens with zero attached hydrogens (tertiary/aromatic N) is 3. The molecule has 0 radical (unpaired) electrons. The number of carbonyl (C=O) groups is 2. The number of rotatable bonds is 5. The van der Waals surface area contributed by atoms with Gasteiger partial charge in [-0.2, -0.15) is 0 Å². The second-order valence-corrected chi connectivity index (χ2v) is 9.78. The zero-order chi connectivity index (χ0) is 22.8. The Hall–Kier alpha value is -2.96. The molecule has 1 saturated carbocycles. The van der Waals surface area contributed by atoms with Crippen LogP contribution in [0.3, 0.4) is 0 Å². The Labute approximate surface area is 195 Å². The largest absolute Gasteiger partial charge is 0.367 e. The minimum atomic E-state index is -0.375. The highest BCUT2D eigenvalue weighted by molar-refractivity contribution is 6.01. The fraction of sp³-hybridized carbons (Fsp3) is 0.538. The quantitative estimate of drug-likeness (QED) is 0.722. The lowest BCUT2D eigenvalue weighted by Crippen LogP contribution is -2.43. The van der Waals surface area contributed by atoms with Crippen LogP contribution < -0.4 is 10.6 Å². The second kappa shape index (κ2) is 9.49. The number of hydrogen-bond donors (Lipinski definition) is 2. The number of likely N-dealkylation sites (tertiary alicyclic amines) is 1. The number of carbonyl (C=O) groups excluding carboxylic acids is 2. The molecule has 2 aromatic rings. The van der Waals surface area contributed by atoms with E-state index in [1.165, 1.54) is 25.7 Å². The van der Waals surface area contributed by atoms with Crippen molar-refractivity contribution in [2.45, 2.75) is 70.3 Å². The van der Waals surface area contributed by atoms with Gasteiger partial charge in [0, 0.05) is 43.0 Å². The summed E-state index contributed by atoms with van der Waals surface area (Å²) in [5.74, 6) is 1.89. The molecule has 2 aliphatic heterocycles. The highest BCUT2D eigenvalue weighted by atomic mass is 16.2. The molecule has 2 N–H and O–H groups in total. The van der Waals surface area contributed by atoms with E-state index in [0.717, 1.165) is 60.9 Å². The Morgan fingerprint density at radius 3 is 2.67 bits per heavy atom. The van der Waals surface area contributed by atoms with E-state index < -0.39 is 0 Å². The summed E-state index contributed by atoms with van der Waals surface area (Å²) in [6.45, 7) is 3.44.